The maximum absolute atomic E-state index is 11.8. The molecule has 0 amide bonds. The van der Waals surface area contributed by atoms with E-state index in [1.807, 2.05) is 18.2 Å². The smallest absolute Gasteiger partial charge is 0.310 e. The third-order valence-corrected chi connectivity index (χ3v) is 3.11. The summed E-state index contributed by atoms with van der Waals surface area (Å²) in [6.45, 7) is 0.674. The molecule has 2 heterocycles. The molecule has 2 aromatic rings. The molecular weight excluding hydrogens is 234 g/mol. The van der Waals surface area contributed by atoms with Crippen LogP contribution >= 0.6 is 0 Å². The lowest BCUT2D eigenvalue weighted by Gasteiger charge is -2.36. The van der Waals surface area contributed by atoms with E-state index in [1.54, 1.807) is 11.0 Å². The van der Waals surface area contributed by atoms with Crippen molar-refractivity contribution in [1.29, 1.82) is 0 Å². The number of H-pyrrole nitrogens is 1. The summed E-state index contributed by atoms with van der Waals surface area (Å²) in [5.41, 5.74) is 1.10. The number of aromatic nitrogens is 2. The lowest BCUT2D eigenvalue weighted by atomic mass is 10.0. The number of benzene rings is 1. The fourth-order valence-corrected chi connectivity index (χ4v) is 2.04. The summed E-state index contributed by atoms with van der Waals surface area (Å²) in [6.07, 6.45) is 0. The molecule has 2 N–H and O–H groups in total. The van der Waals surface area contributed by atoms with Crippen LogP contribution in [0, 0.1) is 5.92 Å². The molecule has 1 fully saturated rings. The standard InChI is InChI=1S/C12H11N3O3/c16-11-10(15-5-7(6-15)12(17)18)13-8-3-1-2-4-9(8)14-11/h1-4,7H,5-6H2,(H,14,16)(H,17,18). The maximum atomic E-state index is 11.8. The van der Waals surface area contributed by atoms with Gasteiger partial charge in [-0.05, 0) is 12.1 Å². The SMILES string of the molecule is O=C(O)C1CN(c2nc3ccccc3[nH]c2=O)C1. The molecule has 3 rings (SSSR count). The first-order valence-electron chi connectivity index (χ1n) is 5.62. The van der Waals surface area contributed by atoms with Crippen molar-refractivity contribution in [1.82, 2.24) is 9.97 Å². The van der Waals surface area contributed by atoms with E-state index in [2.05, 4.69) is 9.97 Å². The molecule has 0 saturated carbocycles. The summed E-state index contributed by atoms with van der Waals surface area (Å²) in [5, 5.41) is 8.81. The van der Waals surface area contributed by atoms with Gasteiger partial charge in [0.2, 0.25) is 0 Å². The van der Waals surface area contributed by atoms with Crippen molar-refractivity contribution in [2.24, 2.45) is 5.92 Å². The van der Waals surface area contributed by atoms with Gasteiger partial charge in [-0.25, -0.2) is 4.98 Å². The van der Waals surface area contributed by atoms with E-state index in [0.29, 0.717) is 29.9 Å². The van der Waals surface area contributed by atoms with E-state index >= 15 is 0 Å². The molecule has 0 unspecified atom stereocenters. The summed E-state index contributed by atoms with van der Waals surface area (Å²) < 4.78 is 0. The second kappa shape index (κ2) is 3.83. The average Bonchev–Trinajstić information content (AvgIpc) is 2.27. The number of nitrogens with zero attached hydrogens (tertiary/aromatic N) is 2. The number of carboxylic acid groups (broad SMARTS) is 1. The van der Waals surface area contributed by atoms with Gasteiger partial charge in [-0.1, -0.05) is 12.1 Å². The molecule has 0 aliphatic carbocycles. The van der Waals surface area contributed by atoms with E-state index in [4.69, 9.17) is 5.11 Å². The number of hydrogen-bond donors (Lipinski definition) is 2. The molecule has 0 bridgehead atoms. The Morgan fingerprint density at radius 2 is 2.11 bits per heavy atom. The number of rotatable bonds is 2. The monoisotopic (exact) mass is 245 g/mol. The van der Waals surface area contributed by atoms with Gasteiger partial charge in [-0.2, -0.15) is 0 Å². The van der Waals surface area contributed by atoms with Crippen molar-refractivity contribution in [2.75, 3.05) is 18.0 Å². The lowest BCUT2D eigenvalue weighted by molar-refractivity contribution is -0.142. The predicted molar refractivity (Wildman–Crippen MR) is 65.7 cm³/mol. The Kier molecular flexibility index (Phi) is 2.29. The molecule has 1 aliphatic rings. The Labute approximate surface area is 102 Å². The third kappa shape index (κ3) is 1.62. The van der Waals surface area contributed by atoms with Crippen LogP contribution < -0.4 is 10.5 Å². The van der Waals surface area contributed by atoms with Gasteiger partial charge in [0.25, 0.3) is 5.56 Å². The van der Waals surface area contributed by atoms with Crippen molar-refractivity contribution in [3.05, 3.63) is 34.6 Å². The topological polar surface area (TPSA) is 86.3 Å². The Hall–Kier alpha value is -2.37. The molecule has 0 radical (unpaired) electrons. The fraction of sp³-hybridized carbons (Fsp3) is 0.250. The van der Waals surface area contributed by atoms with Gasteiger partial charge < -0.3 is 15.0 Å². The van der Waals surface area contributed by atoms with Crippen molar-refractivity contribution >= 4 is 22.8 Å². The first-order valence-corrected chi connectivity index (χ1v) is 5.62. The molecule has 18 heavy (non-hydrogen) atoms. The van der Waals surface area contributed by atoms with E-state index in [9.17, 15) is 9.59 Å². The molecule has 6 heteroatoms. The zero-order chi connectivity index (χ0) is 12.7. The zero-order valence-corrected chi connectivity index (χ0v) is 9.46. The Bertz CT molecular complexity index is 674. The zero-order valence-electron chi connectivity index (χ0n) is 9.46. The highest BCUT2D eigenvalue weighted by molar-refractivity contribution is 5.77. The fourth-order valence-electron chi connectivity index (χ4n) is 2.04. The second-order valence-electron chi connectivity index (χ2n) is 4.35. The highest BCUT2D eigenvalue weighted by atomic mass is 16.4. The molecular formula is C12H11N3O3. The summed E-state index contributed by atoms with van der Waals surface area (Å²) >= 11 is 0. The van der Waals surface area contributed by atoms with Crippen molar-refractivity contribution < 1.29 is 9.90 Å². The van der Waals surface area contributed by atoms with Gasteiger partial charge in [0, 0.05) is 13.1 Å². The van der Waals surface area contributed by atoms with Crippen LogP contribution in [0.4, 0.5) is 5.82 Å². The van der Waals surface area contributed by atoms with E-state index in [0.717, 1.165) is 0 Å². The number of para-hydroxylation sites is 2. The number of nitrogens with one attached hydrogen (secondary N) is 1. The van der Waals surface area contributed by atoms with Gasteiger partial charge in [0.15, 0.2) is 5.82 Å². The van der Waals surface area contributed by atoms with E-state index in [-0.39, 0.29) is 5.56 Å². The number of hydrogen-bond acceptors (Lipinski definition) is 4. The first-order chi connectivity index (χ1) is 8.65. The normalized spacial score (nSPS) is 15.7. The van der Waals surface area contributed by atoms with Gasteiger partial charge in [-0.15, -0.1) is 0 Å². The molecule has 0 spiro atoms. The molecule has 1 saturated heterocycles. The molecule has 1 aliphatic heterocycles. The van der Waals surface area contributed by atoms with Crippen LogP contribution in [0.25, 0.3) is 11.0 Å². The number of aliphatic carboxylic acids is 1. The third-order valence-electron chi connectivity index (χ3n) is 3.11. The van der Waals surface area contributed by atoms with Gasteiger partial charge in [0.1, 0.15) is 0 Å². The maximum Gasteiger partial charge on any atom is 0.310 e. The van der Waals surface area contributed by atoms with Crippen LogP contribution in [0.2, 0.25) is 0 Å². The highest BCUT2D eigenvalue weighted by Crippen LogP contribution is 2.21. The first kappa shape index (κ1) is 10.8. The highest BCUT2D eigenvalue weighted by Gasteiger charge is 2.34. The van der Waals surface area contributed by atoms with Crippen LogP contribution in [-0.2, 0) is 4.79 Å². The van der Waals surface area contributed by atoms with Gasteiger partial charge >= 0.3 is 5.97 Å². The largest absolute Gasteiger partial charge is 0.481 e. The molecule has 1 aromatic heterocycles. The molecule has 1 aromatic carbocycles. The summed E-state index contributed by atoms with van der Waals surface area (Å²) in [4.78, 5) is 31.3. The van der Waals surface area contributed by atoms with Crippen LogP contribution in [-0.4, -0.2) is 34.1 Å². The second-order valence-corrected chi connectivity index (χ2v) is 4.35. The average molecular weight is 245 g/mol. The minimum atomic E-state index is -0.830. The number of aromatic amines is 1. The van der Waals surface area contributed by atoms with Gasteiger partial charge in [0.05, 0.1) is 17.0 Å². The number of carbonyl (C=O) groups is 1. The van der Waals surface area contributed by atoms with E-state index in [1.165, 1.54) is 0 Å². The summed E-state index contributed by atoms with van der Waals surface area (Å²) in [6, 6.07) is 7.25. The minimum Gasteiger partial charge on any atom is -0.481 e. The minimum absolute atomic E-state index is 0.280. The van der Waals surface area contributed by atoms with Crippen LogP contribution in [0.15, 0.2) is 29.1 Å². The van der Waals surface area contributed by atoms with E-state index < -0.39 is 11.9 Å². The van der Waals surface area contributed by atoms with Crippen molar-refractivity contribution in [2.45, 2.75) is 0 Å². The Morgan fingerprint density at radius 3 is 2.83 bits per heavy atom. The van der Waals surface area contributed by atoms with Crippen LogP contribution in [0.5, 0.6) is 0 Å². The van der Waals surface area contributed by atoms with Crippen LogP contribution in [0.3, 0.4) is 0 Å². The van der Waals surface area contributed by atoms with Crippen molar-refractivity contribution in [3.8, 4) is 0 Å². The Morgan fingerprint density at radius 1 is 1.39 bits per heavy atom. The molecule has 92 valence electrons. The molecule has 0 atom stereocenters. The summed E-state index contributed by atoms with van der Waals surface area (Å²) in [5.74, 6) is -0.938. The Balaban J connectivity index is 1.96. The number of carboxylic acids is 1. The lowest BCUT2D eigenvalue weighted by Crippen LogP contribution is -2.52. The quantitative estimate of drug-likeness (QED) is 0.802. The number of anilines is 1. The molecule has 6 nitrogen and oxygen atoms in total. The summed E-state index contributed by atoms with van der Waals surface area (Å²) in [7, 11) is 0. The van der Waals surface area contributed by atoms with Gasteiger partial charge in [-0.3, -0.25) is 9.59 Å². The van der Waals surface area contributed by atoms with Crippen LogP contribution in [0.1, 0.15) is 0 Å². The predicted octanol–water partition coefficient (Wildman–Crippen LogP) is 0.444. The van der Waals surface area contributed by atoms with Crippen molar-refractivity contribution in [3.63, 3.8) is 0 Å². The number of fused-ring (bicyclic) bond motifs is 1.